The number of nitrogens with zero attached hydrogens (tertiary/aromatic N) is 2. The number of aryl methyl sites for hydroxylation is 2. The molecule has 0 aromatic heterocycles. The third kappa shape index (κ3) is 6.17. The number of nitro groups is 1. The molecule has 5 rings (SSSR count). The molecular weight excluding hydrogens is 576 g/mol. The van der Waals surface area contributed by atoms with Crippen molar-refractivity contribution in [3.05, 3.63) is 110 Å². The van der Waals surface area contributed by atoms with Gasteiger partial charge in [-0.15, -0.1) is 0 Å². The maximum absolute atomic E-state index is 13.7. The SMILES string of the molecule is Cc1cc(/C=C(/CC[C@@H](O)C2=C(CO)C[C@H]3C(=O)N(c4cccc([N+](=O)[O-])c4)C(=O)[C@H]3[C@H]2CO)c2ccccc2)cc(C)c1O. The fourth-order valence-corrected chi connectivity index (χ4v) is 6.78. The normalized spacial score (nSPS) is 20.9. The van der Waals surface area contributed by atoms with Crippen molar-refractivity contribution in [3.63, 3.8) is 0 Å². The Kier molecular flexibility index (Phi) is 9.29. The van der Waals surface area contributed by atoms with Crippen molar-refractivity contribution >= 4 is 34.8 Å². The fourth-order valence-electron chi connectivity index (χ4n) is 6.78. The van der Waals surface area contributed by atoms with Gasteiger partial charge in [0.25, 0.3) is 5.69 Å². The molecule has 2 aliphatic rings. The summed E-state index contributed by atoms with van der Waals surface area (Å²) in [5, 5.41) is 54.0. The molecule has 0 saturated carbocycles. The van der Waals surface area contributed by atoms with Crippen LogP contribution >= 0.6 is 0 Å². The molecule has 3 aromatic rings. The molecule has 0 bridgehead atoms. The maximum Gasteiger partial charge on any atom is 0.271 e. The minimum atomic E-state index is -1.13. The van der Waals surface area contributed by atoms with Gasteiger partial charge >= 0.3 is 0 Å². The van der Waals surface area contributed by atoms with E-state index in [-0.39, 0.29) is 30.0 Å². The van der Waals surface area contributed by atoms with Crippen molar-refractivity contribution in [2.45, 2.75) is 39.2 Å². The Morgan fingerprint density at radius 1 is 1.02 bits per heavy atom. The highest BCUT2D eigenvalue weighted by molar-refractivity contribution is 6.22. The second kappa shape index (κ2) is 13.2. The molecule has 234 valence electrons. The zero-order chi connectivity index (χ0) is 32.4. The highest BCUT2D eigenvalue weighted by Gasteiger charge is 2.55. The zero-order valence-electron chi connectivity index (χ0n) is 25.1. The molecular formula is C35H36N2O8. The quantitative estimate of drug-likeness (QED) is 0.0842. The first-order chi connectivity index (χ1) is 21.5. The largest absolute Gasteiger partial charge is 0.507 e. The maximum atomic E-state index is 13.7. The minimum absolute atomic E-state index is 0.0213. The molecule has 1 saturated heterocycles. The highest BCUT2D eigenvalue weighted by atomic mass is 16.6. The third-order valence-electron chi connectivity index (χ3n) is 8.92. The number of hydrogen-bond donors (Lipinski definition) is 4. The third-order valence-corrected chi connectivity index (χ3v) is 8.92. The van der Waals surface area contributed by atoms with Crippen LogP contribution in [0.15, 0.2) is 77.9 Å². The lowest BCUT2D eigenvalue weighted by Crippen LogP contribution is -2.39. The smallest absolute Gasteiger partial charge is 0.271 e. The van der Waals surface area contributed by atoms with Crippen LogP contribution in [0.3, 0.4) is 0 Å². The van der Waals surface area contributed by atoms with Crippen molar-refractivity contribution in [1.29, 1.82) is 0 Å². The topological polar surface area (TPSA) is 161 Å². The molecule has 0 radical (unpaired) electrons. The van der Waals surface area contributed by atoms with Gasteiger partial charge in [-0.2, -0.15) is 0 Å². The first-order valence-electron chi connectivity index (χ1n) is 14.9. The van der Waals surface area contributed by atoms with E-state index in [0.29, 0.717) is 17.6 Å². The highest BCUT2D eigenvalue weighted by Crippen LogP contribution is 2.47. The van der Waals surface area contributed by atoms with Gasteiger partial charge in [-0.25, -0.2) is 4.90 Å². The number of allylic oxidation sites excluding steroid dienone is 1. The Bertz CT molecular complexity index is 1670. The number of nitro benzene ring substituents is 1. The molecule has 1 heterocycles. The van der Waals surface area contributed by atoms with E-state index in [0.717, 1.165) is 38.8 Å². The van der Waals surface area contributed by atoms with Gasteiger partial charge in [0.15, 0.2) is 0 Å². The van der Waals surface area contributed by atoms with E-state index in [1.165, 1.54) is 18.2 Å². The van der Waals surface area contributed by atoms with Crippen LogP contribution in [0, 0.1) is 41.7 Å². The van der Waals surface area contributed by atoms with Crippen LogP contribution in [0.4, 0.5) is 11.4 Å². The number of phenolic OH excluding ortho intramolecular Hbond substituents is 1. The van der Waals surface area contributed by atoms with Gasteiger partial charge in [-0.05, 0) is 90.3 Å². The van der Waals surface area contributed by atoms with Crippen LogP contribution in [-0.4, -0.2) is 56.5 Å². The number of non-ortho nitro benzene ring substituents is 1. The number of phenols is 1. The van der Waals surface area contributed by atoms with E-state index in [9.17, 15) is 40.1 Å². The number of benzene rings is 3. The van der Waals surface area contributed by atoms with Gasteiger partial charge < -0.3 is 20.4 Å². The van der Waals surface area contributed by atoms with Gasteiger partial charge in [0.05, 0.1) is 41.8 Å². The van der Waals surface area contributed by atoms with Crippen LogP contribution in [0.5, 0.6) is 5.75 Å². The summed E-state index contributed by atoms with van der Waals surface area (Å²) in [6, 6.07) is 18.7. The Morgan fingerprint density at radius 2 is 1.71 bits per heavy atom. The number of aliphatic hydroxyl groups is 3. The van der Waals surface area contributed by atoms with Crippen LogP contribution in [0.2, 0.25) is 0 Å². The lowest BCUT2D eigenvalue weighted by molar-refractivity contribution is -0.384. The van der Waals surface area contributed by atoms with Crippen LogP contribution in [-0.2, 0) is 9.59 Å². The summed E-state index contributed by atoms with van der Waals surface area (Å²) in [5.74, 6) is -3.72. The summed E-state index contributed by atoms with van der Waals surface area (Å²) in [6.45, 7) is 2.66. The van der Waals surface area contributed by atoms with Crippen molar-refractivity contribution in [2.24, 2.45) is 17.8 Å². The summed E-state index contributed by atoms with van der Waals surface area (Å²) in [5.41, 5.74) is 4.78. The van der Waals surface area contributed by atoms with E-state index in [2.05, 4.69) is 0 Å². The Labute approximate surface area is 260 Å². The predicted molar refractivity (Wildman–Crippen MR) is 169 cm³/mol. The monoisotopic (exact) mass is 612 g/mol. The van der Waals surface area contributed by atoms with Crippen molar-refractivity contribution in [1.82, 2.24) is 0 Å². The molecule has 0 spiro atoms. The number of aromatic hydroxyl groups is 1. The number of amides is 2. The second-order valence-corrected chi connectivity index (χ2v) is 11.7. The first-order valence-corrected chi connectivity index (χ1v) is 14.9. The number of fused-ring (bicyclic) bond motifs is 1. The van der Waals surface area contributed by atoms with E-state index in [1.54, 1.807) is 0 Å². The summed E-state index contributed by atoms with van der Waals surface area (Å²) in [7, 11) is 0. The number of rotatable bonds is 10. The number of anilines is 1. The van der Waals surface area contributed by atoms with Crippen LogP contribution in [0.1, 0.15) is 41.5 Å². The lowest BCUT2D eigenvalue weighted by atomic mass is 9.68. The molecule has 45 heavy (non-hydrogen) atoms. The molecule has 10 heteroatoms. The first kappa shape index (κ1) is 31.8. The Balaban J connectivity index is 1.44. The van der Waals surface area contributed by atoms with Crippen molar-refractivity contribution in [2.75, 3.05) is 18.1 Å². The zero-order valence-corrected chi connectivity index (χ0v) is 25.1. The number of carbonyl (C=O) groups excluding carboxylic acids is 2. The van der Waals surface area contributed by atoms with Crippen molar-refractivity contribution < 1.29 is 34.9 Å². The van der Waals surface area contributed by atoms with Gasteiger partial charge in [0, 0.05) is 18.1 Å². The summed E-state index contributed by atoms with van der Waals surface area (Å²) in [6.07, 6.45) is 1.51. The second-order valence-electron chi connectivity index (χ2n) is 11.7. The van der Waals surface area contributed by atoms with Crippen LogP contribution in [0.25, 0.3) is 11.6 Å². The molecule has 3 aromatic carbocycles. The fraction of sp³-hybridized carbons (Fsp3) is 0.314. The van der Waals surface area contributed by atoms with Crippen molar-refractivity contribution in [3.8, 4) is 5.75 Å². The Morgan fingerprint density at radius 3 is 2.33 bits per heavy atom. The van der Waals surface area contributed by atoms with Crippen LogP contribution < -0.4 is 4.90 Å². The summed E-state index contributed by atoms with van der Waals surface area (Å²) >= 11 is 0. The standard InChI is InChI=1S/C35H36N2O8/c1-20-13-22(14-21(2)33(20)41)15-24(23-7-4-3-5-8-23)11-12-30(40)31-25(18-38)16-28-32(29(31)19-39)35(43)36(34(28)42)26-9-6-10-27(17-26)37(44)45/h3-10,13-15,17,28-30,32,38-41H,11-12,16,18-19H2,1-2H3/b24-15-/t28-,29+,30-,32-/m1/s1. The van der Waals surface area contributed by atoms with Gasteiger partial charge in [0.2, 0.25) is 11.8 Å². The lowest BCUT2D eigenvalue weighted by Gasteiger charge is -2.36. The van der Waals surface area contributed by atoms with Gasteiger partial charge in [-0.1, -0.05) is 42.5 Å². The van der Waals surface area contributed by atoms with Gasteiger partial charge in [0.1, 0.15) is 5.75 Å². The van der Waals surface area contributed by atoms with E-state index >= 15 is 0 Å². The molecule has 1 aliphatic heterocycles. The van der Waals surface area contributed by atoms with E-state index in [1.807, 2.05) is 62.4 Å². The van der Waals surface area contributed by atoms with Gasteiger partial charge in [-0.3, -0.25) is 19.7 Å². The number of imide groups is 1. The molecule has 0 unspecified atom stereocenters. The number of hydrogen-bond acceptors (Lipinski definition) is 8. The summed E-state index contributed by atoms with van der Waals surface area (Å²) < 4.78 is 0. The number of carbonyl (C=O) groups is 2. The molecule has 1 aliphatic carbocycles. The van der Waals surface area contributed by atoms with E-state index < -0.39 is 53.8 Å². The average molecular weight is 613 g/mol. The molecule has 10 nitrogen and oxygen atoms in total. The minimum Gasteiger partial charge on any atom is -0.507 e. The molecule has 1 fully saturated rings. The number of aliphatic hydroxyl groups excluding tert-OH is 3. The van der Waals surface area contributed by atoms with E-state index in [4.69, 9.17) is 0 Å². The Hall–Kier alpha value is -4.64. The average Bonchev–Trinajstić information content (AvgIpc) is 3.29. The molecule has 2 amide bonds. The molecule has 4 N–H and O–H groups in total. The summed E-state index contributed by atoms with van der Waals surface area (Å²) in [4.78, 5) is 38.9. The molecule has 4 atom stereocenters. The predicted octanol–water partition coefficient (Wildman–Crippen LogP) is 4.71.